The summed E-state index contributed by atoms with van der Waals surface area (Å²) in [5, 5.41) is 0.155. The molecule has 0 aliphatic rings. The zero-order chi connectivity index (χ0) is 20.4. The number of carbonyl (C=O) groups is 1. The number of fused-ring (bicyclic) bond motifs is 1. The Bertz CT molecular complexity index is 1110. The first-order valence-electron chi connectivity index (χ1n) is 8.69. The topological polar surface area (TPSA) is 64.0 Å². The zero-order valence-corrected chi connectivity index (χ0v) is 15.3. The highest BCUT2D eigenvalue weighted by molar-refractivity contribution is 5.86. The molecule has 0 aliphatic carbocycles. The molecule has 5 nitrogen and oxygen atoms in total. The molecule has 146 valence electrons. The molecule has 0 saturated heterocycles. The summed E-state index contributed by atoms with van der Waals surface area (Å²) in [7, 11) is 0. The molecule has 0 atom stereocenters. The molecule has 1 amide bonds. The lowest BCUT2D eigenvalue weighted by Crippen LogP contribution is -2.37. The minimum atomic E-state index is -1.06. The molecule has 8 heteroatoms. The number of hydrogen-bond donors (Lipinski definition) is 1. The second-order valence-corrected chi connectivity index (χ2v) is 6.89. The van der Waals surface area contributed by atoms with E-state index in [0.29, 0.717) is 6.42 Å². The molecular weight excluding hydrogens is 371 g/mol. The van der Waals surface area contributed by atoms with Crippen LogP contribution in [0.3, 0.4) is 0 Å². The van der Waals surface area contributed by atoms with Crippen LogP contribution in [-0.2, 0) is 17.6 Å². The smallest absolute Gasteiger partial charge is 0.273 e. The van der Waals surface area contributed by atoms with Crippen molar-refractivity contribution in [2.45, 2.75) is 26.7 Å². The van der Waals surface area contributed by atoms with Gasteiger partial charge in [0.15, 0.2) is 11.6 Å². The molecule has 0 spiro atoms. The molecule has 0 fully saturated rings. The molecule has 1 heterocycles. The van der Waals surface area contributed by atoms with E-state index in [2.05, 4.69) is 10.4 Å². The summed E-state index contributed by atoms with van der Waals surface area (Å²) >= 11 is 0. The number of nitrogens with zero attached hydrogens (tertiary/aromatic N) is 2. The van der Waals surface area contributed by atoms with Gasteiger partial charge in [-0.15, -0.1) is 0 Å². The number of hydrogen-bond acceptors (Lipinski definition) is 3. The van der Waals surface area contributed by atoms with Crippen molar-refractivity contribution in [1.29, 1.82) is 0 Å². The molecule has 1 aromatic heterocycles. The fourth-order valence-electron chi connectivity index (χ4n) is 2.82. The standard InChI is InChI=1S/C20H18F3N3O2/c1-11(2)7-18-24-17-10-13(21)4-5-14(17)20(28)26(18)25-19(27)9-12-3-6-15(22)16(23)8-12/h3-6,8,10-11H,7,9H2,1-2H3,(H,25,27). The Balaban J connectivity index is 1.96. The predicted molar refractivity (Wildman–Crippen MR) is 98.9 cm³/mol. The largest absolute Gasteiger partial charge is 0.280 e. The summed E-state index contributed by atoms with van der Waals surface area (Å²) < 4.78 is 40.9. The fourth-order valence-corrected chi connectivity index (χ4v) is 2.82. The van der Waals surface area contributed by atoms with Crippen LogP contribution in [0, 0.1) is 23.4 Å². The lowest BCUT2D eigenvalue weighted by molar-refractivity contribution is -0.116. The molecule has 1 N–H and O–H groups in total. The Labute approximate surface area is 158 Å². The number of nitrogens with one attached hydrogen (secondary N) is 1. The van der Waals surface area contributed by atoms with Crippen LogP contribution < -0.4 is 11.0 Å². The van der Waals surface area contributed by atoms with Gasteiger partial charge in [-0.25, -0.2) is 22.8 Å². The van der Waals surface area contributed by atoms with Crippen LogP contribution in [0.2, 0.25) is 0 Å². The van der Waals surface area contributed by atoms with Crippen LogP contribution in [0.5, 0.6) is 0 Å². The van der Waals surface area contributed by atoms with E-state index in [4.69, 9.17) is 0 Å². The van der Waals surface area contributed by atoms with Gasteiger partial charge >= 0.3 is 0 Å². The van der Waals surface area contributed by atoms with E-state index in [1.807, 2.05) is 13.8 Å². The van der Waals surface area contributed by atoms with Gasteiger partial charge in [0.1, 0.15) is 11.6 Å². The Morgan fingerprint density at radius 2 is 1.86 bits per heavy atom. The van der Waals surface area contributed by atoms with E-state index in [1.54, 1.807) is 0 Å². The minimum absolute atomic E-state index is 0.118. The third-order valence-electron chi connectivity index (χ3n) is 4.08. The van der Waals surface area contributed by atoms with Crippen molar-refractivity contribution in [2.75, 3.05) is 5.43 Å². The molecule has 0 saturated carbocycles. The molecule has 0 bridgehead atoms. The quantitative estimate of drug-likeness (QED) is 0.728. The minimum Gasteiger partial charge on any atom is -0.273 e. The van der Waals surface area contributed by atoms with E-state index < -0.39 is 28.9 Å². The number of aromatic nitrogens is 2. The third-order valence-corrected chi connectivity index (χ3v) is 4.08. The molecule has 0 radical (unpaired) electrons. The number of carbonyl (C=O) groups excluding carboxylic acids is 1. The van der Waals surface area contributed by atoms with Crippen molar-refractivity contribution >= 4 is 16.8 Å². The summed E-state index contributed by atoms with van der Waals surface area (Å²) in [5.74, 6) is -2.79. The van der Waals surface area contributed by atoms with Gasteiger partial charge in [-0.2, -0.15) is 0 Å². The summed E-state index contributed by atoms with van der Waals surface area (Å²) in [6, 6.07) is 6.75. The highest BCUT2D eigenvalue weighted by Crippen LogP contribution is 2.13. The molecular formula is C20H18F3N3O2. The maximum atomic E-state index is 13.5. The van der Waals surface area contributed by atoms with E-state index in [9.17, 15) is 22.8 Å². The first-order chi connectivity index (χ1) is 13.2. The molecule has 3 aromatic rings. The maximum Gasteiger partial charge on any atom is 0.280 e. The second-order valence-electron chi connectivity index (χ2n) is 6.89. The monoisotopic (exact) mass is 389 g/mol. The molecule has 0 aliphatic heterocycles. The van der Waals surface area contributed by atoms with Crippen molar-refractivity contribution in [3.8, 4) is 0 Å². The van der Waals surface area contributed by atoms with Gasteiger partial charge in [0.2, 0.25) is 5.91 Å². The lowest BCUT2D eigenvalue weighted by atomic mass is 10.1. The van der Waals surface area contributed by atoms with Crippen LogP contribution in [0.4, 0.5) is 13.2 Å². The van der Waals surface area contributed by atoms with E-state index >= 15 is 0 Å². The van der Waals surface area contributed by atoms with Crippen molar-refractivity contribution in [2.24, 2.45) is 5.92 Å². The van der Waals surface area contributed by atoms with Gasteiger partial charge in [-0.05, 0) is 35.7 Å². The highest BCUT2D eigenvalue weighted by atomic mass is 19.2. The number of rotatable bonds is 5. The van der Waals surface area contributed by atoms with Crippen LogP contribution in [0.25, 0.3) is 10.9 Å². The van der Waals surface area contributed by atoms with Crippen LogP contribution in [-0.4, -0.2) is 15.6 Å². The zero-order valence-electron chi connectivity index (χ0n) is 15.3. The van der Waals surface area contributed by atoms with Crippen molar-refractivity contribution < 1.29 is 18.0 Å². The Morgan fingerprint density at radius 3 is 2.54 bits per heavy atom. The Morgan fingerprint density at radius 1 is 1.11 bits per heavy atom. The highest BCUT2D eigenvalue weighted by Gasteiger charge is 2.16. The third kappa shape index (κ3) is 4.21. The first-order valence-corrected chi connectivity index (χ1v) is 8.69. The first kappa shape index (κ1) is 19.6. The number of benzene rings is 2. The van der Waals surface area contributed by atoms with Gasteiger partial charge in [-0.3, -0.25) is 15.0 Å². The van der Waals surface area contributed by atoms with Gasteiger partial charge in [-0.1, -0.05) is 19.9 Å². The molecule has 0 unspecified atom stereocenters. The molecule has 28 heavy (non-hydrogen) atoms. The average Bonchev–Trinajstić information content (AvgIpc) is 2.61. The Kier molecular flexibility index (Phi) is 5.48. The van der Waals surface area contributed by atoms with Crippen molar-refractivity contribution in [3.63, 3.8) is 0 Å². The van der Waals surface area contributed by atoms with Crippen LogP contribution >= 0.6 is 0 Å². The average molecular weight is 389 g/mol. The van der Waals surface area contributed by atoms with Gasteiger partial charge < -0.3 is 0 Å². The number of amides is 1. The summed E-state index contributed by atoms with van der Waals surface area (Å²) in [6.45, 7) is 3.82. The maximum absolute atomic E-state index is 13.5. The Hall–Kier alpha value is -3.16. The fraction of sp³-hybridized carbons (Fsp3) is 0.250. The van der Waals surface area contributed by atoms with E-state index in [1.165, 1.54) is 12.1 Å². The van der Waals surface area contributed by atoms with Gasteiger partial charge in [0, 0.05) is 12.5 Å². The van der Waals surface area contributed by atoms with Gasteiger partial charge in [0.25, 0.3) is 5.56 Å². The summed E-state index contributed by atoms with van der Waals surface area (Å²) in [6.07, 6.45) is 0.110. The molecule has 3 rings (SSSR count). The molecule has 2 aromatic carbocycles. The van der Waals surface area contributed by atoms with Crippen molar-refractivity contribution in [1.82, 2.24) is 9.66 Å². The summed E-state index contributed by atoms with van der Waals surface area (Å²) in [4.78, 5) is 29.5. The normalized spacial score (nSPS) is 11.2. The van der Waals surface area contributed by atoms with E-state index in [0.717, 1.165) is 28.9 Å². The number of halogens is 3. The van der Waals surface area contributed by atoms with Crippen LogP contribution in [0.15, 0.2) is 41.2 Å². The predicted octanol–water partition coefficient (Wildman–Crippen LogP) is 3.33. The van der Waals surface area contributed by atoms with E-state index in [-0.39, 0.29) is 34.6 Å². The summed E-state index contributed by atoms with van der Waals surface area (Å²) in [5.41, 5.74) is 2.38. The second kappa shape index (κ2) is 7.84. The van der Waals surface area contributed by atoms with Gasteiger partial charge in [0.05, 0.1) is 17.3 Å². The van der Waals surface area contributed by atoms with Crippen LogP contribution in [0.1, 0.15) is 25.2 Å². The van der Waals surface area contributed by atoms with Crippen molar-refractivity contribution in [3.05, 3.63) is 75.6 Å². The SMILES string of the molecule is CC(C)Cc1nc2cc(F)ccc2c(=O)n1NC(=O)Cc1ccc(F)c(F)c1. The lowest BCUT2D eigenvalue weighted by Gasteiger charge is -2.16.